The molecular weight excluding hydrogens is 269 g/mol. The molecule has 3 nitrogen and oxygen atoms in total. The number of carbonyl (C=O) groups is 1. The Bertz CT molecular complexity index is 484. The first-order valence-electron chi connectivity index (χ1n) is 6.70. The van der Waals surface area contributed by atoms with Crippen molar-refractivity contribution in [3.05, 3.63) is 35.1 Å². The minimum atomic E-state index is -1.58. The number of carbonyl (C=O) groups excluding carboxylic acids is 1. The molecule has 1 aromatic carbocycles. The molecular formula is C14H17F3N2O. The van der Waals surface area contributed by atoms with Gasteiger partial charge in [0.25, 0.3) is 5.91 Å². The first-order chi connectivity index (χ1) is 9.49. The Morgan fingerprint density at radius 1 is 1.10 bits per heavy atom. The van der Waals surface area contributed by atoms with Crippen LogP contribution in [0.15, 0.2) is 12.1 Å². The van der Waals surface area contributed by atoms with E-state index in [9.17, 15) is 18.0 Å². The molecule has 1 amide bonds. The average Bonchev–Trinajstić information content (AvgIpc) is 2.61. The number of rotatable bonds is 2. The molecule has 0 bridgehead atoms. The van der Waals surface area contributed by atoms with Gasteiger partial charge in [0.05, 0.1) is 0 Å². The van der Waals surface area contributed by atoms with Crippen LogP contribution >= 0.6 is 0 Å². The number of halogens is 3. The van der Waals surface area contributed by atoms with Gasteiger partial charge in [-0.1, -0.05) is 19.3 Å². The molecule has 2 atom stereocenters. The molecule has 0 saturated heterocycles. The summed E-state index contributed by atoms with van der Waals surface area (Å²) in [6.45, 7) is 0. The Kier molecular flexibility index (Phi) is 4.65. The van der Waals surface area contributed by atoms with Gasteiger partial charge < -0.3 is 11.1 Å². The summed E-state index contributed by atoms with van der Waals surface area (Å²) in [5.41, 5.74) is 5.73. The van der Waals surface area contributed by atoms with Gasteiger partial charge in [-0.25, -0.2) is 13.2 Å². The van der Waals surface area contributed by atoms with E-state index in [0.717, 1.165) is 32.1 Å². The second kappa shape index (κ2) is 6.26. The molecule has 3 N–H and O–H groups in total. The van der Waals surface area contributed by atoms with Crippen molar-refractivity contribution in [2.45, 2.75) is 44.2 Å². The van der Waals surface area contributed by atoms with E-state index in [-0.39, 0.29) is 17.6 Å². The van der Waals surface area contributed by atoms with Gasteiger partial charge in [-0.3, -0.25) is 4.79 Å². The summed E-state index contributed by atoms with van der Waals surface area (Å²) in [6.07, 6.45) is 4.55. The Morgan fingerprint density at radius 2 is 1.70 bits per heavy atom. The van der Waals surface area contributed by atoms with Crippen LogP contribution in [-0.2, 0) is 0 Å². The summed E-state index contributed by atoms with van der Waals surface area (Å²) in [5, 5.41) is 2.68. The maximum Gasteiger partial charge on any atom is 0.251 e. The largest absolute Gasteiger partial charge is 0.348 e. The molecule has 1 aromatic rings. The van der Waals surface area contributed by atoms with Crippen LogP contribution in [0.4, 0.5) is 13.2 Å². The Hall–Kier alpha value is -1.56. The quantitative estimate of drug-likeness (QED) is 0.648. The van der Waals surface area contributed by atoms with E-state index in [1.165, 1.54) is 0 Å². The zero-order valence-corrected chi connectivity index (χ0v) is 11.0. The van der Waals surface area contributed by atoms with E-state index in [4.69, 9.17) is 5.73 Å². The van der Waals surface area contributed by atoms with Crippen molar-refractivity contribution in [3.63, 3.8) is 0 Å². The lowest BCUT2D eigenvalue weighted by atomic mass is 10.0. The van der Waals surface area contributed by atoms with Crippen molar-refractivity contribution in [1.82, 2.24) is 5.32 Å². The SMILES string of the molecule is NC1CCCCCC1NC(=O)c1cc(F)c(F)c(F)c1. The van der Waals surface area contributed by atoms with Crippen LogP contribution in [0.25, 0.3) is 0 Å². The highest BCUT2D eigenvalue weighted by atomic mass is 19.2. The van der Waals surface area contributed by atoms with E-state index >= 15 is 0 Å². The van der Waals surface area contributed by atoms with Crippen LogP contribution in [0.1, 0.15) is 42.5 Å². The summed E-state index contributed by atoms with van der Waals surface area (Å²) in [4.78, 5) is 12.0. The van der Waals surface area contributed by atoms with Gasteiger partial charge in [0.1, 0.15) is 0 Å². The van der Waals surface area contributed by atoms with Crippen molar-refractivity contribution in [3.8, 4) is 0 Å². The standard InChI is InChI=1S/C14H17F3N2O/c15-9-6-8(7-10(16)13(9)17)14(20)19-12-5-3-1-2-4-11(12)18/h6-7,11-12H,1-5,18H2,(H,19,20). The first-order valence-corrected chi connectivity index (χ1v) is 6.70. The third-order valence-corrected chi connectivity index (χ3v) is 3.63. The zero-order valence-electron chi connectivity index (χ0n) is 11.0. The molecule has 0 aromatic heterocycles. The van der Waals surface area contributed by atoms with Gasteiger partial charge in [-0.2, -0.15) is 0 Å². The van der Waals surface area contributed by atoms with E-state index in [1.54, 1.807) is 0 Å². The zero-order chi connectivity index (χ0) is 14.7. The number of nitrogens with one attached hydrogen (secondary N) is 1. The molecule has 2 rings (SSSR count). The van der Waals surface area contributed by atoms with Crippen molar-refractivity contribution in [1.29, 1.82) is 0 Å². The summed E-state index contributed by atoms with van der Waals surface area (Å²) in [5.74, 6) is -4.96. The third-order valence-electron chi connectivity index (χ3n) is 3.63. The second-order valence-corrected chi connectivity index (χ2v) is 5.14. The maximum absolute atomic E-state index is 13.1. The molecule has 0 aliphatic heterocycles. The predicted octanol–water partition coefficient (Wildman–Crippen LogP) is 2.49. The summed E-state index contributed by atoms with van der Waals surface area (Å²) in [6, 6.07) is 0.990. The highest BCUT2D eigenvalue weighted by Gasteiger charge is 2.23. The van der Waals surface area contributed by atoms with Crippen molar-refractivity contribution < 1.29 is 18.0 Å². The minimum Gasteiger partial charge on any atom is -0.348 e. The Labute approximate surface area is 115 Å². The summed E-state index contributed by atoms with van der Waals surface area (Å²) >= 11 is 0. The van der Waals surface area contributed by atoms with Crippen molar-refractivity contribution >= 4 is 5.91 Å². The van der Waals surface area contributed by atoms with E-state index in [0.29, 0.717) is 12.1 Å². The van der Waals surface area contributed by atoms with E-state index in [2.05, 4.69) is 5.32 Å². The number of amides is 1. The molecule has 1 saturated carbocycles. The van der Waals surface area contributed by atoms with Gasteiger partial charge >= 0.3 is 0 Å². The molecule has 110 valence electrons. The number of benzene rings is 1. The van der Waals surface area contributed by atoms with Crippen molar-refractivity contribution in [2.24, 2.45) is 5.73 Å². The van der Waals surface area contributed by atoms with E-state index < -0.39 is 23.4 Å². The molecule has 0 radical (unpaired) electrons. The average molecular weight is 286 g/mol. The Balaban J connectivity index is 2.11. The van der Waals surface area contributed by atoms with Gasteiger partial charge in [-0.05, 0) is 25.0 Å². The molecule has 1 fully saturated rings. The second-order valence-electron chi connectivity index (χ2n) is 5.14. The fourth-order valence-corrected chi connectivity index (χ4v) is 2.45. The number of hydrogen-bond donors (Lipinski definition) is 2. The highest BCUT2D eigenvalue weighted by molar-refractivity contribution is 5.94. The fourth-order valence-electron chi connectivity index (χ4n) is 2.45. The normalized spacial score (nSPS) is 23.2. The van der Waals surface area contributed by atoms with Gasteiger partial charge in [-0.15, -0.1) is 0 Å². The van der Waals surface area contributed by atoms with Gasteiger partial charge in [0, 0.05) is 17.6 Å². The van der Waals surface area contributed by atoms with Crippen LogP contribution in [0.3, 0.4) is 0 Å². The lowest BCUT2D eigenvalue weighted by Gasteiger charge is -2.22. The molecule has 6 heteroatoms. The fraction of sp³-hybridized carbons (Fsp3) is 0.500. The van der Waals surface area contributed by atoms with Gasteiger partial charge in [0.2, 0.25) is 0 Å². The summed E-state index contributed by atoms with van der Waals surface area (Å²) in [7, 11) is 0. The van der Waals surface area contributed by atoms with Crippen LogP contribution in [0.5, 0.6) is 0 Å². The Morgan fingerprint density at radius 3 is 2.35 bits per heavy atom. The number of hydrogen-bond acceptors (Lipinski definition) is 2. The highest BCUT2D eigenvalue weighted by Crippen LogP contribution is 2.18. The van der Waals surface area contributed by atoms with Crippen LogP contribution in [0.2, 0.25) is 0 Å². The molecule has 2 unspecified atom stereocenters. The minimum absolute atomic E-state index is 0.170. The monoisotopic (exact) mass is 286 g/mol. The van der Waals surface area contributed by atoms with Crippen molar-refractivity contribution in [2.75, 3.05) is 0 Å². The topological polar surface area (TPSA) is 55.1 Å². The molecule has 0 heterocycles. The van der Waals surface area contributed by atoms with Gasteiger partial charge in [0.15, 0.2) is 17.5 Å². The van der Waals surface area contributed by atoms with Crippen LogP contribution in [-0.4, -0.2) is 18.0 Å². The maximum atomic E-state index is 13.1. The molecule has 1 aliphatic carbocycles. The molecule has 20 heavy (non-hydrogen) atoms. The van der Waals surface area contributed by atoms with Crippen LogP contribution < -0.4 is 11.1 Å². The number of nitrogens with two attached hydrogens (primary N) is 1. The molecule has 0 spiro atoms. The predicted molar refractivity (Wildman–Crippen MR) is 68.6 cm³/mol. The lowest BCUT2D eigenvalue weighted by molar-refractivity contribution is 0.0927. The lowest BCUT2D eigenvalue weighted by Crippen LogP contribution is -2.47. The molecule has 1 aliphatic rings. The first kappa shape index (κ1) is 14.8. The van der Waals surface area contributed by atoms with Crippen LogP contribution in [0, 0.1) is 17.5 Å². The summed E-state index contributed by atoms with van der Waals surface area (Å²) < 4.78 is 39.0. The third kappa shape index (κ3) is 3.30. The van der Waals surface area contributed by atoms with E-state index in [1.807, 2.05) is 0 Å². The smallest absolute Gasteiger partial charge is 0.251 e.